The van der Waals surface area contributed by atoms with Crippen molar-refractivity contribution >= 4 is 5.91 Å². The topological polar surface area (TPSA) is 89.5 Å². The van der Waals surface area contributed by atoms with E-state index in [1.807, 2.05) is 9.58 Å². The molecular weight excluding hydrogens is 308 g/mol. The largest absolute Gasteiger partial charge is 0.378 e. The molecule has 0 aliphatic carbocycles. The van der Waals surface area contributed by atoms with Crippen molar-refractivity contribution in [1.82, 2.24) is 24.8 Å². The summed E-state index contributed by atoms with van der Waals surface area (Å²) in [6, 6.07) is 0.786. The van der Waals surface area contributed by atoms with E-state index in [2.05, 4.69) is 28.3 Å². The summed E-state index contributed by atoms with van der Waals surface area (Å²) in [5, 5.41) is 8.68. The summed E-state index contributed by atoms with van der Waals surface area (Å²) in [7, 11) is 0. The minimum atomic E-state index is 0.0330. The number of nitrogens with zero attached hydrogens (tertiary/aromatic N) is 5. The van der Waals surface area contributed by atoms with E-state index in [1.165, 1.54) is 0 Å². The monoisotopic (exact) mass is 336 g/mol. The molecule has 2 fully saturated rings. The van der Waals surface area contributed by atoms with E-state index in [9.17, 15) is 4.79 Å². The number of ether oxygens (including phenoxy) is 1. The predicted molar refractivity (Wildman–Crippen MR) is 89.2 cm³/mol. The Labute approximate surface area is 142 Å². The summed E-state index contributed by atoms with van der Waals surface area (Å²) in [6.07, 6.45) is 4.96. The van der Waals surface area contributed by atoms with Gasteiger partial charge >= 0.3 is 0 Å². The Morgan fingerprint density at radius 3 is 2.88 bits per heavy atom. The van der Waals surface area contributed by atoms with Crippen molar-refractivity contribution < 1.29 is 9.53 Å². The standard InChI is InChI=1S/C16H28N6O2/c1-2-14-12-24-8-7-21(14)10-13-11-22(19-18-13)15-3-5-20(6-4-15)16(23)9-17/h11,14-15H,2-10,12,17H2,1H3/t14-/m0/s1. The zero-order valence-corrected chi connectivity index (χ0v) is 14.4. The highest BCUT2D eigenvalue weighted by Crippen LogP contribution is 2.22. The third-order valence-corrected chi connectivity index (χ3v) is 5.11. The molecule has 0 bridgehead atoms. The van der Waals surface area contributed by atoms with E-state index in [1.54, 1.807) is 0 Å². The minimum Gasteiger partial charge on any atom is -0.378 e. The average molecular weight is 336 g/mol. The van der Waals surface area contributed by atoms with Crippen LogP contribution >= 0.6 is 0 Å². The van der Waals surface area contributed by atoms with Gasteiger partial charge in [-0.3, -0.25) is 9.69 Å². The normalized spacial score (nSPS) is 23.6. The number of aromatic nitrogens is 3. The fourth-order valence-electron chi connectivity index (χ4n) is 3.55. The Morgan fingerprint density at radius 1 is 1.38 bits per heavy atom. The molecule has 2 aliphatic rings. The summed E-state index contributed by atoms with van der Waals surface area (Å²) in [5.41, 5.74) is 6.44. The zero-order chi connectivity index (χ0) is 16.9. The SMILES string of the molecule is CC[C@H]1COCCN1Cc1cn(C2CCN(C(=O)CN)CC2)nn1. The number of hydrogen-bond acceptors (Lipinski definition) is 6. The van der Waals surface area contributed by atoms with Crippen molar-refractivity contribution in [3.05, 3.63) is 11.9 Å². The average Bonchev–Trinajstić information content (AvgIpc) is 3.10. The van der Waals surface area contributed by atoms with Crippen LogP contribution in [0.2, 0.25) is 0 Å². The molecule has 0 spiro atoms. The number of piperidine rings is 1. The van der Waals surface area contributed by atoms with Crippen LogP contribution in [-0.2, 0) is 16.1 Å². The maximum Gasteiger partial charge on any atom is 0.236 e. The second-order valence-corrected chi connectivity index (χ2v) is 6.61. The van der Waals surface area contributed by atoms with Gasteiger partial charge in [0.2, 0.25) is 5.91 Å². The second kappa shape index (κ2) is 8.04. The lowest BCUT2D eigenvalue weighted by Crippen LogP contribution is -2.44. The lowest BCUT2D eigenvalue weighted by Gasteiger charge is -2.34. The number of carbonyl (C=O) groups excluding carboxylic acids is 1. The number of likely N-dealkylation sites (tertiary alicyclic amines) is 1. The first-order chi connectivity index (χ1) is 11.7. The van der Waals surface area contributed by atoms with Gasteiger partial charge < -0.3 is 15.4 Å². The highest BCUT2D eigenvalue weighted by molar-refractivity contribution is 5.78. The van der Waals surface area contributed by atoms with E-state index in [0.717, 1.165) is 64.3 Å². The highest BCUT2D eigenvalue weighted by Gasteiger charge is 2.25. The number of amides is 1. The van der Waals surface area contributed by atoms with Gasteiger partial charge in [-0.25, -0.2) is 4.68 Å². The van der Waals surface area contributed by atoms with Gasteiger partial charge in [-0.05, 0) is 19.3 Å². The van der Waals surface area contributed by atoms with Gasteiger partial charge in [0.25, 0.3) is 0 Å². The Morgan fingerprint density at radius 2 is 2.17 bits per heavy atom. The molecule has 2 saturated heterocycles. The summed E-state index contributed by atoms with van der Waals surface area (Å²) in [6.45, 7) is 7.15. The minimum absolute atomic E-state index is 0.0330. The zero-order valence-electron chi connectivity index (χ0n) is 14.4. The quantitative estimate of drug-likeness (QED) is 0.815. The van der Waals surface area contributed by atoms with Gasteiger partial charge in [-0.1, -0.05) is 12.1 Å². The van der Waals surface area contributed by atoms with Crippen molar-refractivity contribution in [2.45, 2.75) is 44.8 Å². The van der Waals surface area contributed by atoms with Crippen LogP contribution in [0.1, 0.15) is 37.9 Å². The third-order valence-electron chi connectivity index (χ3n) is 5.11. The van der Waals surface area contributed by atoms with Crippen molar-refractivity contribution in [2.24, 2.45) is 5.73 Å². The second-order valence-electron chi connectivity index (χ2n) is 6.61. The van der Waals surface area contributed by atoms with Crippen molar-refractivity contribution in [3.8, 4) is 0 Å². The summed E-state index contributed by atoms with van der Waals surface area (Å²) in [4.78, 5) is 15.9. The molecule has 2 aliphatic heterocycles. The molecule has 3 rings (SSSR count). The van der Waals surface area contributed by atoms with Gasteiger partial charge in [0.15, 0.2) is 0 Å². The smallest absolute Gasteiger partial charge is 0.236 e. The van der Waals surface area contributed by atoms with Crippen molar-refractivity contribution in [3.63, 3.8) is 0 Å². The third kappa shape index (κ3) is 3.93. The lowest BCUT2D eigenvalue weighted by atomic mass is 10.1. The van der Waals surface area contributed by atoms with Gasteiger partial charge in [0, 0.05) is 32.2 Å². The van der Waals surface area contributed by atoms with E-state index < -0.39 is 0 Å². The van der Waals surface area contributed by atoms with Crippen molar-refractivity contribution in [2.75, 3.05) is 39.4 Å². The van der Waals surface area contributed by atoms with Gasteiger partial charge in [-0.15, -0.1) is 5.10 Å². The van der Waals surface area contributed by atoms with Gasteiger partial charge in [-0.2, -0.15) is 0 Å². The molecule has 1 amide bonds. The molecular formula is C16H28N6O2. The molecule has 0 radical (unpaired) electrons. The van der Waals surface area contributed by atoms with Gasteiger partial charge in [0.1, 0.15) is 0 Å². The van der Waals surface area contributed by atoms with Crippen LogP contribution in [0.4, 0.5) is 0 Å². The van der Waals surface area contributed by atoms with E-state index >= 15 is 0 Å². The molecule has 134 valence electrons. The summed E-state index contributed by atoms with van der Waals surface area (Å²) < 4.78 is 7.53. The Balaban J connectivity index is 1.55. The van der Waals surface area contributed by atoms with Crippen LogP contribution in [0, 0.1) is 0 Å². The Hall–Kier alpha value is -1.51. The molecule has 2 N–H and O–H groups in total. The Kier molecular flexibility index (Phi) is 5.80. The predicted octanol–water partition coefficient (Wildman–Crippen LogP) is 0.0111. The number of rotatable bonds is 5. The fourth-order valence-corrected chi connectivity index (χ4v) is 3.55. The summed E-state index contributed by atoms with van der Waals surface area (Å²) in [5.74, 6) is 0.0330. The van der Waals surface area contributed by atoms with E-state index in [-0.39, 0.29) is 12.5 Å². The number of carbonyl (C=O) groups is 1. The molecule has 1 atom stereocenters. The molecule has 8 heteroatoms. The first-order valence-corrected chi connectivity index (χ1v) is 8.91. The molecule has 1 aromatic rings. The first-order valence-electron chi connectivity index (χ1n) is 8.91. The Bertz CT molecular complexity index is 540. The number of morpholine rings is 1. The van der Waals surface area contributed by atoms with Gasteiger partial charge in [0.05, 0.1) is 37.7 Å². The molecule has 3 heterocycles. The lowest BCUT2D eigenvalue weighted by molar-refractivity contribution is -0.130. The van der Waals surface area contributed by atoms with Crippen LogP contribution in [0.15, 0.2) is 6.20 Å². The fraction of sp³-hybridized carbons (Fsp3) is 0.812. The first kappa shape index (κ1) is 17.3. The molecule has 0 saturated carbocycles. The molecule has 24 heavy (non-hydrogen) atoms. The summed E-state index contributed by atoms with van der Waals surface area (Å²) >= 11 is 0. The molecule has 8 nitrogen and oxygen atoms in total. The van der Waals surface area contributed by atoms with Crippen molar-refractivity contribution in [1.29, 1.82) is 0 Å². The molecule has 1 aromatic heterocycles. The van der Waals surface area contributed by atoms with Crippen LogP contribution in [0.25, 0.3) is 0 Å². The van der Waals surface area contributed by atoms with E-state index in [4.69, 9.17) is 10.5 Å². The van der Waals surface area contributed by atoms with E-state index in [0.29, 0.717) is 12.1 Å². The van der Waals surface area contributed by atoms with Crippen LogP contribution in [-0.4, -0.2) is 76.1 Å². The van der Waals surface area contributed by atoms with Crippen LogP contribution in [0.3, 0.4) is 0 Å². The van der Waals surface area contributed by atoms with Crippen LogP contribution < -0.4 is 5.73 Å². The maximum atomic E-state index is 11.6. The number of hydrogen-bond donors (Lipinski definition) is 1. The highest BCUT2D eigenvalue weighted by atomic mass is 16.5. The number of nitrogens with two attached hydrogens (primary N) is 1. The van der Waals surface area contributed by atoms with Crippen LogP contribution in [0.5, 0.6) is 0 Å². The molecule has 0 aromatic carbocycles. The molecule has 0 unspecified atom stereocenters. The maximum absolute atomic E-state index is 11.6.